The number of nitrogens with zero attached hydrogens (tertiary/aromatic N) is 3. The van der Waals surface area contributed by atoms with E-state index in [9.17, 15) is 4.79 Å². The lowest BCUT2D eigenvalue weighted by molar-refractivity contribution is 0.0724. The number of likely N-dealkylation sites (tertiary alicyclic amines) is 2. The van der Waals surface area contributed by atoms with Crippen molar-refractivity contribution >= 4 is 11.9 Å². The Balaban J connectivity index is 1.63. The van der Waals surface area contributed by atoms with Crippen molar-refractivity contribution in [1.82, 2.24) is 15.1 Å². The van der Waals surface area contributed by atoms with Crippen molar-refractivity contribution in [2.75, 3.05) is 32.7 Å². The molecule has 3 rings (SSSR count). The largest absolute Gasteiger partial charge is 0.357 e. The monoisotopic (exact) mass is 384 g/mol. The maximum atomic E-state index is 12.6. The standard InChI is InChI=1S/C23H36N4O/c1-4-24-23(27-16-18(2)14-19(3)17-27)25-15-20-8-10-21(11-9-20)22(28)26-12-6-5-7-13-26/h8-11,18-19H,4-7,12-17H2,1-3H3,(H,24,25). The molecule has 2 heterocycles. The van der Waals surface area contributed by atoms with Crippen molar-refractivity contribution < 1.29 is 4.79 Å². The van der Waals surface area contributed by atoms with Crippen molar-refractivity contribution in [3.63, 3.8) is 0 Å². The van der Waals surface area contributed by atoms with Gasteiger partial charge in [0.25, 0.3) is 5.91 Å². The fraction of sp³-hybridized carbons (Fsp3) is 0.652. The zero-order chi connectivity index (χ0) is 19.9. The van der Waals surface area contributed by atoms with Crippen LogP contribution in [0.15, 0.2) is 29.3 Å². The summed E-state index contributed by atoms with van der Waals surface area (Å²) in [6.07, 6.45) is 4.78. The van der Waals surface area contributed by atoms with Gasteiger partial charge in [0.2, 0.25) is 0 Å². The van der Waals surface area contributed by atoms with E-state index < -0.39 is 0 Å². The fourth-order valence-electron chi connectivity index (χ4n) is 4.46. The Morgan fingerprint density at radius 2 is 1.68 bits per heavy atom. The third-order valence-corrected chi connectivity index (χ3v) is 5.76. The number of benzene rings is 1. The number of carbonyl (C=O) groups is 1. The van der Waals surface area contributed by atoms with Crippen LogP contribution in [-0.4, -0.2) is 54.4 Å². The van der Waals surface area contributed by atoms with Crippen molar-refractivity contribution in [2.45, 2.75) is 53.0 Å². The highest BCUT2D eigenvalue weighted by atomic mass is 16.2. The van der Waals surface area contributed by atoms with E-state index in [1.54, 1.807) is 0 Å². The average Bonchev–Trinajstić information content (AvgIpc) is 2.71. The number of hydrogen-bond donors (Lipinski definition) is 1. The third kappa shape index (κ3) is 5.49. The molecular weight excluding hydrogens is 348 g/mol. The van der Waals surface area contributed by atoms with Crippen LogP contribution in [0.25, 0.3) is 0 Å². The van der Waals surface area contributed by atoms with Crippen LogP contribution in [0.3, 0.4) is 0 Å². The Morgan fingerprint density at radius 1 is 1.04 bits per heavy atom. The van der Waals surface area contributed by atoms with Crippen LogP contribution in [0.1, 0.15) is 62.4 Å². The zero-order valence-electron chi connectivity index (χ0n) is 17.8. The van der Waals surface area contributed by atoms with Gasteiger partial charge in [-0.3, -0.25) is 4.79 Å². The summed E-state index contributed by atoms with van der Waals surface area (Å²) in [5, 5.41) is 3.45. The zero-order valence-corrected chi connectivity index (χ0v) is 17.8. The highest BCUT2D eigenvalue weighted by Crippen LogP contribution is 2.21. The van der Waals surface area contributed by atoms with Gasteiger partial charge in [-0.15, -0.1) is 0 Å². The number of carbonyl (C=O) groups excluding carboxylic acids is 1. The minimum absolute atomic E-state index is 0.166. The molecule has 2 aliphatic heterocycles. The van der Waals surface area contributed by atoms with Crippen LogP contribution in [0, 0.1) is 11.8 Å². The number of piperidine rings is 2. The molecule has 0 aliphatic carbocycles. The first kappa shape index (κ1) is 20.7. The highest BCUT2D eigenvalue weighted by molar-refractivity contribution is 5.94. The Morgan fingerprint density at radius 3 is 2.29 bits per heavy atom. The van der Waals surface area contributed by atoms with E-state index in [2.05, 4.69) is 31.0 Å². The number of guanidine groups is 1. The van der Waals surface area contributed by atoms with Crippen LogP contribution in [0.2, 0.25) is 0 Å². The van der Waals surface area contributed by atoms with Crippen molar-refractivity contribution in [3.05, 3.63) is 35.4 Å². The molecule has 5 nitrogen and oxygen atoms in total. The van der Waals surface area contributed by atoms with Crippen LogP contribution >= 0.6 is 0 Å². The molecule has 1 amide bonds. The molecule has 0 radical (unpaired) electrons. The third-order valence-electron chi connectivity index (χ3n) is 5.76. The molecule has 2 fully saturated rings. The van der Waals surface area contributed by atoms with Gasteiger partial charge < -0.3 is 15.1 Å². The lowest BCUT2D eigenvalue weighted by Crippen LogP contribution is -2.48. The molecule has 5 heteroatoms. The average molecular weight is 385 g/mol. The first-order valence-corrected chi connectivity index (χ1v) is 11.0. The normalized spacial score (nSPS) is 23.6. The summed E-state index contributed by atoms with van der Waals surface area (Å²) in [5.41, 5.74) is 1.93. The Labute approximate surface area is 170 Å². The van der Waals surface area contributed by atoms with Crippen LogP contribution in [0.5, 0.6) is 0 Å². The second-order valence-corrected chi connectivity index (χ2v) is 8.57. The molecule has 0 saturated carbocycles. The van der Waals surface area contributed by atoms with Gasteiger partial charge in [-0.25, -0.2) is 4.99 Å². The van der Waals surface area contributed by atoms with Gasteiger partial charge >= 0.3 is 0 Å². The summed E-state index contributed by atoms with van der Waals surface area (Å²) in [4.78, 5) is 21.9. The molecule has 2 saturated heterocycles. The number of nitrogens with one attached hydrogen (secondary N) is 1. The Bertz CT molecular complexity index is 654. The van der Waals surface area contributed by atoms with Gasteiger partial charge in [-0.1, -0.05) is 26.0 Å². The van der Waals surface area contributed by atoms with E-state index in [4.69, 9.17) is 4.99 Å². The van der Waals surface area contributed by atoms with E-state index in [-0.39, 0.29) is 5.91 Å². The summed E-state index contributed by atoms with van der Waals surface area (Å²) in [7, 11) is 0. The van der Waals surface area contributed by atoms with Gasteiger partial charge in [0.1, 0.15) is 0 Å². The van der Waals surface area contributed by atoms with E-state index in [1.807, 2.05) is 29.2 Å². The van der Waals surface area contributed by atoms with Crippen molar-refractivity contribution in [2.24, 2.45) is 16.8 Å². The fourth-order valence-corrected chi connectivity index (χ4v) is 4.46. The molecule has 1 aromatic carbocycles. The molecule has 28 heavy (non-hydrogen) atoms. The van der Waals surface area contributed by atoms with E-state index in [1.165, 1.54) is 12.8 Å². The second-order valence-electron chi connectivity index (χ2n) is 8.57. The van der Waals surface area contributed by atoms with E-state index >= 15 is 0 Å². The molecule has 0 spiro atoms. The second kappa shape index (κ2) is 9.94. The first-order chi connectivity index (χ1) is 13.6. The van der Waals surface area contributed by atoms with Gasteiger partial charge in [0.15, 0.2) is 5.96 Å². The molecule has 154 valence electrons. The van der Waals surface area contributed by atoms with E-state index in [0.29, 0.717) is 18.4 Å². The predicted molar refractivity (Wildman–Crippen MR) is 116 cm³/mol. The quantitative estimate of drug-likeness (QED) is 0.635. The van der Waals surface area contributed by atoms with Gasteiger partial charge in [-0.05, 0) is 62.1 Å². The first-order valence-electron chi connectivity index (χ1n) is 11.0. The maximum Gasteiger partial charge on any atom is 0.253 e. The molecule has 1 aromatic rings. The maximum absolute atomic E-state index is 12.6. The predicted octanol–water partition coefficient (Wildman–Crippen LogP) is 3.76. The van der Waals surface area contributed by atoms with Crippen LogP contribution < -0.4 is 5.32 Å². The van der Waals surface area contributed by atoms with Crippen LogP contribution in [0.4, 0.5) is 0 Å². The molecule has 0 aromatic heterocycles. The smallest absolute Gasteiger partial charge is 0.253 e. The molecule has 0 bridgehead atoms. The Kier molecular flexibility index (Phi) is 7.35. The summed E-state index contributed by atoms with van der Waals surface area (Å²) in [5.74, 6) is 2.58. The molecule has 2 unspecified atom stereocenters. The number of aliphatic imine (C=N–C) groups is 1. The lowest BCUT2D eigenvalue weighted by atomic mass is 9.92. The SMILES string of the molecule is CCNC(=NCc1ccc(C(=O)N2CCCCC2)cc1)N1CC(C)CC(C)C1. The summed E-state index contributed by atoms with van der Waals surface area (Å²) in [6.45, 7) is 12.2. The molecule has 2 aliphatic rings. The summed E-state index contributed by atoms with van der Waals surface area (Å²) >= 11 is 0. The van der Waals surface area contributed by atoms with Gasteiger partial charge in [0, 0.05) is 38.3 Å². The number of amides is 1. The number of hydrogen-bond acceptors (Lipinski definition) is 2. The van der Waals surface area contributed by atoms with Crippen LogP contribution in [-0.2, 0) is 6.54 Å². The van der Waals surface area contributed by atoms with Crippen molar-refractivity contribution in [1.29, 1.82) is 0 Å². The summed E-state index contributed by atoms with van der Waals surface area (Å²) in [6, 6.07) is 8.01. The van der Waals surface area contributed by atoms with Crippen molar-refractivity contribution in [3.8, 4) is 0 Å². The topological polar surface area (TPSA) is 47.9 Å². The van der Waals surface area contributed by atoms with Gasteiger partial charge in [0.05, 0.1) is 6.54 Å². The minimum Gasteiger partial charge on any atom is -0.357 e. The summed E-state index contributed by atoms with van der Waals surface area (Å²) < 4.78 is 0. The molecule has 1 N–H and O–H groups in total. The lowest BCUT2D eigenvalue weighted by Gasteiger charge is -2.37. The van der Waals surface area contributed by atoms with E-state index in [0.717, 1.165) is 62.7 Å². The Hall–Kier alpha value is -2.04. The highest BCUT2D eigenvalue weighted by Gasteiger charge is 2.24. The van der Waals surface area contributed by atoms with Gasteiger partial charge in [-0.2, -0.15) is 0 Å². The minimum atomic E-state index is 0.166. The molecule has 2 atom stereocenters. The molecular formula is C23H36N4O. The number of rotatable bonds is 4.